The van der Waals surface area contributed by atoms with Crippen LogP contribution < -0.4 is 5.32 Å². The zero-order valence-corrected chi connectivity index (χ0v) is 16.8. The van der Waals surface area contributed by atoms with Crippen molar-refractivity contribution in [2.45, 2.75) is 30.0 Å². The summed E-state index contributed by atoms with van der Waals surface area (Å²) in [4.78, 5) is 12.0. The summed E-state index contributed by atoms with van der Waals surface area (Å²) in [5.74, 6) is 0.396. The zero-order valence-electron chi connectivity index (χ0n) is 13.8. The van der Waals surface area contributed by atoms with Gasteiger partial charge in [0, 0.05) is 11.5 Å². The quantitative estimate of drug-likeness (QED) is 0.638. The average molecular weight is 425 g/mol. The molecule has 1 aromatic heterocycles. The molecule has 0 saturated heterocycles. The number of rotatable bonds is 3. The van der Waals surface area contributed by atoms with E-state index in [9.17, 15) is 4.79 Å². The molecule has 1 N–H and O–H groups in total. The van der Waals surface area contributed by atoms with Gasteiger partial charge in [-0.1, -0.05) is 79.3 Å². The van der Waals surface area contributed by atoms with Gasteiger partial charge in [-0.25, -0.2) is 9.48 Å². The van der Waals surface area contributed by atoms with Gasteiger partial charge >= 0.3 is 6.09 Å². The Bertz CT molecular complexity index is 763. The molecule has 0 radical (unpaired) electrons. The van der Waals surface area contributed by atoms with E-state index in [4.69, 9.17) is 51.1 Å². The van der Waals surface area contributed by atoms with Crippen LogP contribution in [0.15, 0.2) is 30.3 Å². The van der Waals surface area contributed by atoms with Gasteiger partial charge < -0.3 is 4.74 Å². The largest absolute Gasteiger partial charge is 0.445 e. The maximum atomic E-state index is 12.0. The van der Waals surface area contributed by atoms with E-state index >= 15 is 0 Å². The van der Waals surface area contributed by atoms with Crippen LogP contribution in [0.3, 0.4) is 0 Å². The first-order valence-electron chi connectivity index (χ1n) is 7.33. The molecule has 2 rings (SSSR count). The smallest absolute Gasteiger partial charge is 0.412 e. The average Bonchev–Trinajstić information content (AvgIpc) is 2.89. The molecule has 0 aliphatic heterocycles. The second-order valence-electron chi connectivity index (χ2n) is 6.34. The van der Waals surface area contributed by atoms with E-state index in [0.29, 0.717) is 16.5 Å². The van der Waals surface area contributed by atoms with Crippen LogP contribution in [0.4, 0.5) is 10.6 Å². The van der Waals surface area contributed by atoms with Crippen LogP contribution in [0.1, 0.15) is 26.5 Å². The van der Waals surface area contributed by atoms with E-state index < -0.39 is 9.89 Å². The van der Waals surface area contributed by atoms with Crippen molar-refractivity contribution in [3.05, 3.63) is 41.0 Å². The molecule has 0 aliphatic rings. The molecule has 0 unspecified atom stereocenters. The highest BCUT2D eigenvalue weighted by atomic mass is 35.6. The van der Waals surface area contributed by atoms with Crippen LogP contribution in [0.25, 0.3) is 5.69 Å². The Morgan fingerprint density at radius 1 is 1.24 bits per heavy atom. The Morgan fingerprint density at radius 3 is 2.44 bits per heavy atom. The number of nitrogens with one attached hydrogen (secondary N) is 1. The minimum absolute atomic E-state index is 0.232. The number of para-hydroxylation sites is 1. The molecule has 136 valence electrons. The van der Waals surface area contributed by atoms with Crippen LogP contribution in [-0.4, -0.2) is 26.3 Å². The van der Waals surface area contributed by atoms with Crippen molar-refractivity contribution in [3.8, 4) is 5.69 Å². The Balaban J connectivity index is 2.34. The summed E-state index contributed by atoms with van der Waals surface area (Å²) < 4.78 is 4.76. The van der Waals surface area contributed by atoms with Gasteiger partial charge in [0.2, 0.25) is 3.79 Å². The number of ether oxygens (including phenoxy) is 1. The molecule has 5 nitrogen and oxygen atoms in total. The lowest BCUT2D eigenvalue weighted by Crippen LogP contribution is -2.22. The maximum Gasteiger partial charge on any atom is 0.412 e. The number of alkyl halides is 3. The van der Waals surface area contributed by atoms with Crippen LogP contribution >= 0.6 is 46.4 Å². The molecule has 0 aliphatic carbocycles. The van der Waals surface area contributed by atoms with Gasteiger partial charge in [0.1, 0.15) is 12.4 Å². The van der Waals surface area contributed by atoms with Gasteiger partial charge in [-0.3, -0.25) is 5.32 Å². The summed E-state index contributed by atoms with van der Waals surface area (Å²) >= 11 is 23.0. The Labute approximate surface area is 166 Å². The predicted octanol–water partition coefficient (Wildman–Crippen LogP) is 5.74. The van der Waals surface area contributed by atoms with Crippen LogP contribution in [-0.2, 0) is 10.2 Å². The third kappa shape index (κ3) is 5.68. The molecule has 0 spiro atoms. The number of anilines is 1. The second-order valence-corrected chi connectivity index (χ2v) is 9.27. The van der Waals surface area contributed by atoms with E-state index in [0.717, 1.165) is 5.69 Å². The van der Waals surface area contributed by atoms with Crippen molar-refractivity contribution in [3.63, 3.8) is 0 Å². The maximum absolute atomic E-state index is 12.0. The van der Waals surface area contributed by atoms with Crippen LogP contribution in [0, 0.1) is 0 Å². The summed E-state index contributed by atoms with van der Waals surface area (Å²) in [5, 5.41) is 7.65. The first-order chi connectivity index (χ1) is 11.5. The number of halogens is 4. The number of carbonyl (C=O) groups excluding carboxylic acids is 1. The Morgan fingerprint density at radius 2 is 1.88 bits per heavy atom. The fraction of sp³-hybridized carbons (Fsp3) is 0.375. The van der Waals surface area contributed by atoms with E-state index in [2.05, 4.69) is 10.4 Å². The number of amides is 1. The number of nitrogens with zero attached hydrogens (tertiary/aromatic N) is 2. The minimum Gasteiger partial charge on any atom is -0.445 e. The molecule has 9 heteroatoms. The summed E-state index contributed by atoms with van der Waals surface area (Å²) in [6.07, 6.45) is -0.764. The number of carbonyl (C=O) groups is 1. The second kappa shape index (κ2) is 7.62. The van der Waals surface area contributed by atoms with Gasteiger partial charge in [-0.2, -0.15) is 5.10 Å². The normalized spacial score (nSPS) is 12.1. The number of hydrogen-bond acceptors (Lipinski definition) is 3. The highest BCUT2D eigenvalue weighted by molar-refractivity contribution is 6.67. The van der Waals surface area contributed by atoms with Gasteiger partial charge in [-0.05, 0) is 12.1 Å². The molecule has 1 amide bonds. The van der Waals surface area contributed by atoms with Crippen molar-refractivity contribution in [1.82, 2.24) is 9.78 Å². The van der Waals surface area contributed by atoms with Gasteiger partial charge in [0.25, 0.3) is 0 Å². The monoisotopic (exact) mass is 423 g/mol. The van der Waals surface area contributed by atoms with E-state index in [1.165, 1.54) is 0 Å². The third-order valence-corrected chi connectivity index (χ3v) is 3.80. The minimum atomic E-state index is -1.68. The standard InChI is InChI=1S/C16H17Cl4N3O2/c1-15(2,3)12-8-13(21-14(24)25-9-16(18,19)20)23(22-12)11-7-5-4-6-10(11)17/h4-8H,9H2,1-3H3,(H,21,24). The fourth-order valence-corrected chi connectivity index (χ4v) is 2.31. The van der Waals surface area contributed by atoms with Crippen molar-refractivity contribution < 1.29 is 9.53 Å². The molecule has 0 fully saturated rings. The lowest BCUT2D eigenvalue weighted by atomic mass is 9.92. The Kier molecular flexibility index (Phi) is 6.15. The molecule has 0 saturated carbocycles. The van der Waals surface area contributed by atoms with Crippen molar-refractivity contribution >= 4 is 58.3 Å². The van der Waals surface area contributed by atoms with Crippen molar-refractivity contribution in [2.75, 3.05) is 11.9 Å². The topological polar surface area (TPSA) is 56.1 Å². The SMILES string of the molecule is CC(C)(C)c1cc(NC(=O)OCC(Cl)(Cl)Cl)n(-c2ccccc2Cl)n1. The van der Waals surface area contributed by atoms with E-state index in [1.807, 2.05) is 32.9 Å². The van der Waals surface area contributed by atoms with Crippen LogP contribution in [0.2, 0.25) is 5.02 Å². The zero-order chi connectivity index (χ0) is 18.8. The summed E-state index contributed by atoms with van der Waals surface area (Å²) in [6, 6.07) is 8.91. The molecule has 0 bridgehead atoms. The lowest BCUT2D eigenvalue weighted by Gasteiger charge is -2.14. The lowest BCUT2D eigenvalue weighted by molar-refractivity contribution is 0.163. The van der Waals surface area contributed by atoms with Gasteiger partial charge in [-0.15, -0.1) is 0 Å². The van der Waals surface area contributed by atoms with E-state index in [-0.39, 0.29) is 12.0 Å². The van der Waals surface area contributed by atoms with Crippen molar-refractivity contribution in [2.24, 2.45) is 0 Å². The number of hydrogen-bond donors (Lipinski definition) is 1. The van der Waals surface area contributed by atoms with Crippen molar-refractivity contribution in [1.29, 1.82) is 0 Å². The third-order valence-electron chi connectivity index (χ3n) is 3.16. The molecule has 25 heavy (non-hydrogen) atoms. The predicted molar refractivity (Wildman–Crippen MR) is 103 cm³/mol. The fourth-order valence-electron chi connectivity index (χ4n) is 1.93. The summed E-state index contributed by atoms with van der Waals surface area (Å²) in [6.45, 7) is 5.65. The summed E-state index contributed by atoms with van der Waals surface area (Å²) in [7, 11) is 0. The molecule has 1 aromatic carbocycles. The highest BCUT2D eigenvalue weighted by Gasteiger charge is 2.25. The molecule has 2 aromatic rings. The highest BCUT2D eigenvalue weighted by Crippen LogP contribution is 2.29. The van der Waals surface area contributed by atoms with Crippen LogP contribution in [0.5, 0.6) is 0 Å². The number of benzene rings is 1. The first kappa shape index (κ1) is 20.2. The molecular formula is C16H17Cl4N3O2. The molecule has 1 heterocycles. The van der Waals surface area contributed by atoms with E-state index in [1.54, 1.807) is 22.9 Å². The van der Waals surface area contributed by atoms with Gasteiger partial charge in [0.05, 0.1) is 16.4 Å². The number of aromatic nitrogens is 2. The first-order valence-corrected chi connectivity index (χ1v) is 8.84. The molecular weight excluding hydrogens is 408 g/mol. The molecule has 0 atom stereocenters. The summed E-state index contributed by atoms with van der Waals surface area (Å²) in [5.41, 5.74) is 1.16. The Hall–Kier alpha value is -1.14. The van der Waals surface area contributed by atoms with Gasteiger partial charge in [0.15, 0.2) is 0 Å².